The summed E-state index contributed by atoms with van der Waals surface area (Å²) in [5, 5.41) is 8.92. The number of halogens is 4. The van der Waals surface area contributed by atoms with Crippen molar-refractivity contribution in [2.75, 3.05) is 0 Å². The average molecular weight is 373 g/mol. The highest BCUT2D eigenvalue weighted by atomic mass is 127. The number of pyridine rings is 1. The molecule has 0 unspecified atom stereocenters. The summed E-state index contributed by atoms with van der Waals surface area (Å²) in [6.07, 6.45) is -1.28. The van der Waals surface area contributed by atoms with Crippen molar-refractivity contribution in [1.82, 2.24) is 4.98 Å². The summed E-state index contributed by atoms with van der Waals surface area (Å²) >= 11 is 4.82. The Hall–Kier alpha value is -0.290. The molecule has 0 saturated heterocycles. The van der Waals surface area contributed by atoms with Gasteiger partial charge in [0, 0.05) is 17.1 Å². The third kappa shape index (κ3) is 2.20. The second kappa shape index (κ2) is 4.98. The highest BCUT2D eigenvalue weighted by Gasteiger charge is 2.19. The van der Waals surface area contributed by atoms with E-state index in [-0.39, 0.29) is 14.8 Å². The number of hydrogen-bond acceptors (Lipinski definition) is 2. The van der Waals surface area contributed by atoms with Gasteiger partial charge in [0.1, 0.15) is 6.07 Å². The molecule has 0 bridgehead atoms. The Morgan fingerprint density at radius 2 is 2.29 bits per heavy atom. The highest BCUT2D eigenvalue weighted by molar-refractivity contribution is 14.1. The predicted octanol–water partition coefficient (Wildman–Crippen LogP) is 3.39. The van der Waals surface area contributed by atoms with Gasteiger partial charge in [-0.15, -0.1) is 0 Å². The lowest BCUT2D eigenvalue weighted by Crippen LogP contribution is -2.01. The summed E-state index contributed by atoms with van der Waals surface area (Å²) in [6, 6.07) is 1.77. The molecule has 0 saturated carbocycles. The Kier molecular flexibility index (Phi) is 4.19. The van der Waals surface area contributed by atoms with E-state index in [1.807, 2.05) is 0 Å². The molecule has 0 spiro atoms. The Balaban J connectivity index is 3.41. The van der Waals surface area contributed by atoms with Crippen LogP contribution in [0.3, 0.4) is 0 Å². The normalized spacial score (nSPS) is 10.3. The second-order valence-corrected chi connectivity index (χ2v) is 4.05. The van der Waals surface area contributed by atoms with Gasteiger partial charge in [-0.05, 0) is 28.2 Å². The summed E-state index contributed by atoms with van der Waals surface area (Å²) in [7, 11) is 0. The molecule has 1 rings (SSSR count). The number of nitrogens with zero attached hydrogens (tertiary/aromatic N) is 2. The van der Waals surface area contributed by atoms with E-state index in [2.05, 4.69) is 20.9 Å². The molecule has 14 heavy (non-hydrogen) atoms. The minimum absolute atomic E-state index is 0.0469. The third-order valence-corrected chi connectivity index (χ3v) is 3.30. The van der Waals surface area contributed by atoms with Gasteiger partial charge >= 0.3 is 0 Å². The van der Waals surface area contributed by atoms with Crippen LogP contribution in [0.4, 0.5) is 8.78 Å². The van der Waals surface area contributed by atoms with E-state index in [0.717, 1.165) is 0 Å². The van der Waals surface area contributed by atoms with Crippen molar-refractivity contribution >= 4 is 38.5 Å². The summed E-state index contributed by atoms with van der Waals surface area (Å²) in [4.78, 5) is 3.78. The van der Waals surface area contributed by atoms with Crippen molar-refractivity contribution in [3.8, 4) is 6.07 Å². The van der Waals surface area contributed by atoms with Gasteiger partial charge in [-0.3, -0.25) is 0 Å². The van der Waals surface area contributed by atoms with Crippen LogP contribution in [0.15, 0.2) is 6.20 Å². The van der Waals surface area contributed by atoms with Gasteiger partial charge in [0.2, 0.25) is 0 Å². The zero-order valence-corrected chi connectivity index (χ0v) is 10.5. The van der Waals surface area contributed by atoms with E-state index in [9.17, 15) is 8.78 Å². The van der Waals surface area contributed by atoms with Crippen molar-refractivity contribution < 1.29 is 8.78 Å². The van der Waals surface area contributed by atoms with E-state index in [0.29, 0.717) is 10.9 Å². The molecule has 0 aliphatic carbocycles. The number of nitriles is 1. The van der Waals surface area contributed by atoms with Crippen LogP contribution in [0.1, 0.15) is 23.2 Å². The Morgan fingerprint density at radius 1 is 1.64 bits per heavy atom. The van der Waals surface area contributed by atoms with E-state index in [1.54, 1.807) is 28.7 Å². The van der Waals surface area contributed by atoms with Crippen molar-refractivity contribution in [2.24, 2.45) is 0 Å². The smallest absolute Gasteiger partial charge is 0.244 e. The number of rotatable bonds is 2. The van der Waals surface area contributed by atoms with Crippen LogP contribution in [0.5, 0.6) is 0 Å². The van der Waals surface area contributed by atoms with Crippen LogP contribution in [0.2, 0.25) is 0 Å². The Bertz CT molecular complexity index is 390. The van der Waals surface area contributed by atoms with Crippen LogP contribution in [0, 0.1) is 14.9 Å². The SMILES string of the molecule is N#Cc1ncc(CBr)c(C(F)F)c1I. The second-order valence-electron chi connectivity index (χ2n) is 2.41. The molecular formula is C8H4BrF2IN2. The van der Waals surface area contributed by atoms with Crippen LogP contribution < -0.4 is 0 Å². The molecule has 1 heterocycles. The highest BCUT2D eigenvalue weighted by Crippen LogP contribution is 2.30. The maximum absolute atomic E-state index is 12.6. The lowest BCUT2D eigenvalue weighted by atomic mass is 10.1. The molecular weight excluding hydrogens is 369 g/mol. The summed E-state index contributed by atoms with van der Waals surface area (Å²) in [6.45, 7) is 0. The van der Waals surface area contributed by atoms with Crippen LogP contribution in [-0.2, 0) is 5.33 Å². The molecule has 0 fully saturated rings. The van der Waals surface area contributed by atoms with Gasteiger partial charge in [0.25, 0.3) is 6.43 Å². The van der Waals surface area contributed by atoms with Crippen molar-refractivity contribution in [3.05, 3.63) is 26.6 Å². The van der Waals surface area contributed by atoms with Gasteiger partial charge in [-0.1, -0.05) is 15.9 Å². The van der Waals surface area contributed by atoms with Crippen molar-refractivity contribution in [2.45, 2.75) is 11.8 Å². The zero-order valence-electron chi connectivity index (χ0n) is 6.77. The van der Waals surface area contributed by atoms with Crippen molar-refractivity contribution in [3.63, 3.8) is 0 Å². The molecule has 0 amide bonds. The molecule has 0 radical (unpaired) electrons. The maximum Gasteiger partial charge on any atom is 0.265 e. The summed E-state index contributed by atoms with van der Waals surface area (Å²) in [5.41, 5.74) is 0.364. The van der Waals surface area contributed by atoms with Gasteiger partial charge in [-0.25, -0.2) is 13.8 Å². The molecule has 0 aliphatic rings. The molecule has 1 aromatic heterocycles. The largest absolute Gasteiger partial charge is 0.265 e. The van der Waals surface area contributed by atoms with E-state index >= 15 is 0 Å². The van der Waals surface area contributed by atoms with Crippen LogP contribution >= 0.6 is 38.5 Å². The Morgan fingerprint density at radius 3 is 2.71 bits per heavy atom. The van der Waals surface area contributed by atoms with E-state index in [4.69, 9.17) is 5.26 Å². The topological polar surface area (TPSA) is 36.7 Å². The summed E-state index contributed by atoms with van der Waals surface area (Å²) in [5.74, 6) is 0. The minimum Gasteiger partial charge on any atom is -0.244 e. The first-order valence-corrected chi connectivity index (χ1v) is 5.73. The standard InChI is InChI=1S/C8H4BrF2IN2/c9-1-4-3-14-5(2-13)7(12)6(4)8(10)11/h3,8H,1H2. The van der Waals surface area contributed by atoms with Crippen LogP contribution in [0.25, 0.3) is 0 Å². The minimum atomic E-state index is -2.58. The lowest BCUT2D eigenvalue weighted by Gasteiger charge is -2.08. The number of alkyl halides is 3. The van der Waals surface area contributed by atoms with E-state index < -0.39 is 6.43 Å². The molecule has 1 aromatic rings. The molecule has 0 N–H and O–H groups in total. The van der Waals surface area contributed by atoms with Gasteiger partial charge in [0.15, 0.2) is 5.69 Å². The fourth-order valence-corrected chi connectivity index (χ4v) is 2.25. The maximum atomic E-state index is 12.6. The first kappa shape index (κ1) is 11.8. The van der Waals surface area contributed by atoms with Gasteiger partial charge in [0.05, 0.1) is 3.57 Å². The molecule has 2 nitrogen and oxygen atoms in total. The molecule has 6 heteroatoms. The lowest BCUT2D eigenvalue weighted by molar-refractivity contribution is 0.149. The number of aromatic nitrogens is 1. The summed E-state index contributed by atoms with van der Waals surface area (Å²) < 4.78 is 25.5. The first-order chi connectivity index (χ1) is 6.61. The van der Waals surface area contributed by atoms with Gasteiger partial charge < -0.3 is 0 Å². The van der Waals surface area contributed by atoms with Crippen molar-refractivity contribution in [1.29, 1.82) is 5.26 Å². The molecule has 0 atom stereocenters. The third-order valence-electron chi connectivity index (χ3n) is 1.61. The van der Waals surface area contributed by atoms with E-state index in [1.165, 1.54) is 6.20 Å². The average Bonchev–Trinajstić information content (AvgIpc) is 2.16. The monoisotopic (exact) mass is 372 g/mol. The Labute approximate surface area is 102 Å². The molecule has 0 aliphatic heterocycles. The fourth-order valence-electron chi connectivity index (χ4n) is 0.958. The fraction of sp³-hybridized carbons (Fsp3) is 0.250. The van der Waals surface area contributed by atoms with Crippen LogP contribution in [-0.4, -0.2) is 4.98 Å². The first-order valence-electron chi connectivity index (χ1n) is 3.53. The number of hydrogen-bond donors (Lipinski definition) is 0. The molecule has 74 valence electrons. The van der Waals surface area contributed by atoms with Gasteiger partial charge in [-0.2, -0.15) is 5.26 Å². The quantitative estimate of drug-likeness (QED) is 0.589. The predicted molar refractivity (Wildman–Crippen MR) is 59.3 cm³/mol. The molecule has 0 aromatic carbocycles. The zero-order chi connectivity index (χ0) is 10.7.